The van der Waals surface area contributed by atoms with Gasteiger partial charge in [0.1, 0.15) is 11.0 Å². The fourth-order valence-corrected chi connectivity index (χ4v) is 2.84. The number of nitrogens with one attached hydrogen (secondary N) is 1. The van der Waals surface area contributed by atoms with Gasteiger partial charge in [0.25, 0.3) is 0 Å². The molecule has 0 unspecified atom stereocenters. The Labute approximate surface area is 139 Å². The molecule has 0 saturated carbocycles. The van der Waals surface area contributed by atoms with E-state index in [2.05, 4.69) is 26.3 Å². The molecule has 1 aromatic heterocycles. The summed E-state index contributed by atoms with van der Waals surface area (Å²) in [4.78, 5) is 23.3. The molecule has 0 aliphatic rings. The SMILES string of the molecule is CSc1ccccc1NC(=O)Cn1nc([N+](=O)[O-])c(Br)c1C. The highest BCUT2D eigenvalue weighted by Crippen LogP contribution is 2.27. The third kappa shape index (κ3) is 3.47. The van der Waals surface area contributed by atoms with Gasteiger partial charge in [0.2, 0.25) is 5.91 Å². The summed E-state index contributed by atoms with van der Waals surface area (Å²) >= 11 is 4.64. The van der Waals surface area contributed by atoms with Gasteiger partial charge in [-0.25, -0.2) is 0 Å². The van der Waals surface area contributed by atoms with Crippen LogP contribution < -0.4 is 5.32 Å². The maximum atomic E-state index is 12.1. The van der Waals surface area contributed by atoms with Crippen LogP contribution in [0.5, 0.6) is 0 Å². The first kappa shape index (κ1) is 16.5. The molecule has 116 valence electrons. The Morgan fingerprint density at radius 1 is 1.50 bits per heavy atom. The van der Waals surface area contributed by atoms with Crippen molar-refractivity contribution in [1.29, 1.82) is 0 Å². The molecule has 0 saturated heterocycles. The zero-order valence-corrected chi connectivity index (χ0v) is 14.3. The van der Waals surface area contributed by atoms with E-state index >= 15 is 0 Å². The van der Waals surface area contributed by atoms with Gasteiger partial charge in [-0.05, 0) is 46.2 Å². The maximum Gasteiger partial charge on any atom is 0.404 e. The molecule has 2 rings (SSSR count). The van der Waals surface area contributed by atoms with Crippen LogP contribution in [0.3, 0.4) is 0 Å². The highest BCUT2D eigenvalue weighted by Gasteiger charge is 2.24. The summed E-state index contributed by atoms with van der Waals surface area (Å²) in [6.45, 7) is 1.56. The summed E-state index contributed by atoms with van der Waals surface area (Å²) in [6, 6.07) is 7.43. The largest absolute Gasteiger partial charge is 0.404 e. The Balaban J connectivity index is 2.16. The van der Waals surface area contributed by atoms with Crippen LogP contribution >= 0.6 is 27.7 Å². The van der Waals surface area contributed by atoms with Crippen LogP contribution in [0, 0.1) is 17.0 Å². The van der Waals surface area contributed by atoms with Crippen LogP contribution in [0.1, 0.15) is 5.69 Å². The highest BCUT2D eigenvalue weighted by atomic mass is 79.9. The molecule has 0 spiro atoms. The molecule has 1 heterocycles. The zero-order chi connectivity index (χ0) is 16.3. The van der Waals surface area contributed by atoms with Crippen molar-refractivity contribution < 1.29 is 9.72 Å². The third-order valence-corrected chi connectivity index (χ3v) is 4.69. The van der Waals surface area contributed by atoms with E-state index in [-0.39, 0.29) is 22.7 Å². The van der Waals surface area contributed by atoms with E-state index in [4.69, 9.17) is 0 Å². The van der Waals surface area contributed by atoms with Gasteiger partial charge in [0.15, 0.2) is 0 Å². The molecule has 0 aliphatic carbocycles. The molecule has 0 aliphatic heterocycles. The van der Waals surface area contributed by atoms with E-state index in [0.717, 1.165) is 4.90 Å². The Morgan fingerprint density at radius 2 is 2.18 bits per heavy atom. The van der Waals surface area contributed by atoms with Gasteiger partial charge >= 0.3 is 5.82 Å². The van der Waals surface area contributed by atoms with Gasteiger partial charge in [-0.3, -0.25) is 4.79 Å². The molecule has 1 aromatic carbocycles. The average Bonchev–Trinajstić information content (AvgIpc) is 2.76. The third-order valence-electron chi connectivity index (χ3n) is 2.96. The molecule has 0 bridgehead atoms. The van der Waals surface area contributed by atoms with Gasteiger partial charge < -0.3 is 15.4 Å². The highest BCUT2D eigenvalue weighted by molar-refractivity contribution is 9.10. The number of para-hydroxylation sites is 1. The molecule has 2 aromatic rings. The number of halogens is 1. The lowest BCUT2D eigenvalue weighted by molar-refractivity contribution is -0.390. The minimum atomic E-state index is -0.589. The van der Waals surface area contributed by atoms with Crippen molar-refractivity contribution in [1.82, 2.24) is 9.78 Å². The molecule has 9 heteroatoms. The van der Waals surface area contributed by atoms with Crippen LogP contribution in [0.4, 0.5) is 11.5 Å². The van der Waals surface area contributed by atoms with E-state index in [1.54, 1.807) is 13.0 Å². The van der Waals surface area contributed by atoms with Crippen molar-refractivity contribution in [2.45, 2.75) is 18.4 Å². The quantitative estimate of drug-likeness (QED) is 0.485. The van der Waals surface area contributed by atoms with Crippen LogP contribution in [0.25, 0.3) is 0 Å². The first-order chi connectivity index (χ1) is 10.4. The Bertz CT molecular complexity index is 732. The first-order valence-corrected chi connectivity index (χ1v) is 8.26. The lowest BCUT2D eigenvalue weighted by Gasteiger charge is -2.08. The number of nitrogens with zero attached hydrogens (tertiary/aromatic N) is 3. The van der Waals surface area contributed by atoms with Gasteiger partial charge in [-0.1, -0.05) is 12.1 Å². The van der Waals surface area contributed by atoms with Crippen molar-refractivity contribution in [2.75, 3.05) is 11.6 Å². The maximum absolute atomic E-state index is 12.1. The molecule has 0 radical (unpaired) electrons. The lowest BCUT2D eigenvalue weighted by atomic mass is 10.3. The van der Waals surface area contributed by atoms with Crippen molar-refractivity contribution in [3.63, 3.8) is 0 Å². The minimum Gasteiger partial charge on any atom is -0.358 e. The predicted molar refractivity (Wildman–Crippen MR) is 88.2 cm³/mol. The number of anilines is 1. The van der Waals surface area contributed by atoms with Crippen LogP contribution in [0.2, 0.25) is 0 Å². The number of nitro groups is 1. The summed E-state index contributed by atoms with van der Waals surface area (Å²) in [7, 11) is 0. The normalized spacial score (nSPS) is 10.5. The Hall–Kier alpha value is -1.87. The van der Waals surface area contributed by atoms with Crippen LogP contribution in [-0.2, 0) is 11.3 Å². The van der Waals surface area contributed by atoms with Crippen molar-refractivity contribution >= 4 is 45.1 Å². The number of amides is 1. The lowest BCUT2D eigenvalue weighted by Crippen LogP contribution is -2.20. The van der Waals surface area contributed by atoms with Gasteiger partial charge in [-0.15, -0.1) is 11.8 Å². The second kappa shape index (κ2) is 6.93. The molecular formula is C13H13BrN4O3S. The number of carbonyl (C=O) groups is 1. The summed E-state index contributed by atoms with van der Waals surface area (Å²) in [6.07, 6.45) is 1.92. The second-order valence-corrected chi connectivity index (χ2v) is 6.03. The molecule has 1 N–H and O–H groups in total. The van der Waals surface area contributed by atoms with Crippen molar-refractivity contribution in [3.05, 3.63) is 44.5 Å². The van der Waals surface area contributed by atoms with Crippen molar-refractivity contribution in [3.8, 4) is 0 Å². The number of hydrogen-bond donors (Lipinski definition) is 1. The Kier molecular flexibility index (Phi) is 5.19. The van der Waals surface area contributed by atoms with E-state index in [1.165, 1.54) is 16.4 Å². The average molecular weight is 385 g/mol. The smallest absolute Gasteiger partial charge is 0.358 e. The van der Waals surface area contributed by atoms with Crippen LogP contribution in [0.15, 0.2) is 33.6 Å². The summed E-state index contributed by atoms with van der Waals surface area (Å²) in [5.74, 6) is -0.593. The molecule has 1 amide bonds. The fraction of sp³-hybridized carbons (Fsp3) is 0.231. The summed E-state index contributed by atoms with van der Waals surface area (Å²) in [5, 5.41) is 17.5. The van der Waals surface area contributed by atoms with E-state index in [0.29, 0.717) is 11.4 Å². The van der Waals surface area contributed by atoms with Gasteiger partial charge in [0, 0.05) is 4.90 Å². The standard InChI is InChI=1S/C13H13BrN4O3S/c1-8-12(14)13(18(20)21)16-17(8)7-11(19)15-9-5-3-4-6-10(9)22-2/h3-6H,7H2,1-2H3,(H,15,19). The van der Waals surface area contributed by atoms with E-state index in [1.807, 2.05) is 24.5 Å². The molecule has 0 atom stereocenters. The Morgan fingerprint density at radius 3 is 2.77 bits per heavy atom. The van der Waals surface area contributed by atoms with Crippen LogP contribution in [-0.4, -0.2) is 26.9 Å². The monoisotopic (exact) mass is 384 g/mol. The first-order valence-electron chi connectivity index (χ1n) is 6.24. The number of carbonyl (C=O) groups excluding carboxylic acids is 1. The molecule has 0 fully saturated rings. The van der Waals surface area contributed by atoms with E-state index < -0.39 is 4.92 Å². The molecular weight excluding hydrogens is 372 g/mol. The second-order valence-electron chi connectivity index (χ2n) is 4.39. The predicted octanol–water partition coefficient (Wildman–Crippen LogP) is 3.22. The minimum absolute atomic E-state index is 0.0962. The summed E-state index contributed by atoms with van der Waals surface area (Å²) in [5.41, 5.74) is 1.23. The van der Waals surface area contributed by atoms with E-state index in [9.17, 15) is 14.9 Å². The number of benzene rings is 1. The van der Waals surface area contributed by atoms with Crippen molar-refractivity contribution in [2.24, 2.45) is 0 Å². The van der Waals surface area contributed by atoms with Gasteiger partial charge in [0.05, 0.1) is 16.5 Å². The fourth-order valence-electron chi connectivity index (χ4n) is 1.85. The summed E-state index contributed by atoms with van der Waals surface area (Å²) < 4.78 is 1.59. The number of rotatable bonds is 5. The molecule has 7 nitrogen and oxygen atoms in total. The number of aromatic nitrogens is 2. The van der Waals surface area contributed by atoms with Gasteiger partial charge in [-0.2, -0.15) is 4.68 Å². The number of hydrogen-bond acceptors (Lipinski definition) is 5. The number of thioether (sulfide) groups is 1. The zero-order valence-electron chi connectivity index (χ0n) is 11.9. The topological polar surface area (TPSA) is 90.1 Å². The molecule has 22 heavy (non-hydrogen) atoms.